The summed E-state index contributed by atoms with van der Waals surface area (Å²) in [5, 5.41) is 11.3. The van der Waals surface area contributed by atoms with Crippen molar-refractivity contribution in [2.24, 2.45) is 0 Å². The van der Waals surface area contributed by atoms with E-state index in [2.05, 4.69) is 0 Å². The fourth-order valence-corrected chi connectivity index (χ4v) is 3.38. The standard InChI is InChI=1S/C16H11ClF2OS/c17-11-2-1-9(13(19)8-11)6-14(20)16-7-10-5-12(18)3-4-15(10)21-16/h1-5,7-8,14,20H,6H2. The molecule has 1 nitrogen and oxygen atoms in total. The maximum atomic E-state index is 13.7. The molecule has 1 N–H and O–H groups in total. The van der Waals surface area contributed by atoms with Crippen LogP contribution in [0.3, 0.4) is 0 Å². The van der Waals surface area contributed by atoms with Crippen LogP contribution in [-0.2, 0) is 6.42 Å². The van der Waals surface area contributed by atoms with Crippen LogP contribution in [0.15, 0.2) is 42.5 Å². The molecule has 1 aromatic heterocycles. The molecule has 2 aromatic carbocycles. The summed E-state index contributed by atoms with van der Waals surface area (Å²) in [7, 11) is 0. The highest BCUT2D eigenvalue weighted by atomic mass is 35.5. The van der Waals surface area contributed by atoms with Crippen molar-refractivity contribution in [3.8, 4) is 0 Å². The van der Waals surface area contributed by atoms with Crippen molar-refractivity contribution >= 4 is 33.0 Å². The van der Waals surface area contributed by atoms with Gasteiger partial charge in [-0.1, -0.05) is 17.7 Å². The second-order valence-electron chi connectivity index (χ2n) is 4.79. The third-order valence-electron chi connectivity index (χ3n) is 3.25. The van der Waals surface area contributed by atoms with Crippen molar-refractivity contribution in [1.82, 2.24) is 0 Å². The Balaban J connectivity index is 1.87. The fourth-order valence-electron chi connectivity index (χ4n) is 2.20. The molecule has 108 valence electrons. The summed E-state index contributed by atoms with van der Waals surface area (Å²) in [6, 6.07) is 10.6. The maximum Gasteiger partial charge on any atom is 0.127 e. The second kappa shape index (κ2) is 5.72. The number of rotatable bonds is 3. The van der Waals surface area contributed by atoms with Gasteiger partial charge in [-0.25, -0.2) is 8.78 Å². The third-order valence-corrected chi connectivity index (χ3v) is 4.71. The summed E-state index contributed by atoms with van der Waals surface area (Å²) >= 11 is 7.08. The third kappa shape index (κ3) is 3.07. The predicted octanol–water partition coefficient (Wildman–Crippen LogP) is 5.11. The van der Waals surface area contributed by atoms with Gasteiger partial charge in [-0.15, -0.1) is 11.3 Å². The van der Waals surface area contributed by atoms with Gasteiger partial charge in [-0.05, 0) is 47.3 Å². The van der Waals surface area contributed by atoms with E-state index in [9.17, 15) is 13.9 Å². The molecular formula is C16H11ClF2OS. The Hall–Kier alpha value is -1.49. The topological polar surface area (TPSA) is 20.2 Å². The van der Waals surface area contributed by atoms with E-state index in [4.69, 9.17) is 11.6 Å². The first-order chi connectivity index (χ1) is 10.0. The molecule has 1 heterocycles. The van der Waals surface area contributed by atoms with E-state index in [1.165, 1.54) is 29.5 Å². The summed E-state index contributed by atoms with van der Waals surface area (Å²) in [6.07, 6.45) is -0.681. The fraction of sp³-hybridized carbons (Fsp3) is 0.125. The van der Waals surface area contributed by atoms with E-state index >= 15 is 0 Å². The van der Waals surface area contributed by atoms with Crippen LogP contribution in [0.25, 0.3) is 10.1 Å². The molecule has 1 atom stereocenters. The number of hydrogen-bond acceptors (Lipinski definition) is 2. The van der Waals surface area contributed by atoms with Crippen LogP contribution >= 0.6 is 22.9 Å². The summed E-state index contributed by atoms with van der Waals surface area (Å²) in [6.45, 7) is 0. The number of thiophene rings is 1. The molecule has 0 aliphatic heterocycles. The van der Waals surface area contributed by atoms with E-state index in [-0.39, 0.29) is 12.2 Å². The molecule has 0 saturated carbocycles. The second-order valence-corrected chi connectivity index (χ2v) is 6.34. The molecule has 0 bridgehead atoms. The lowest BCUT2D eigenvalue weighted by atomic mass is 10.1. The van der Waals surface area contributed by atoms with Gasteiger partial charge in [0.05, 0.1) is 6.10 Å². The molecule has 5 heteroatoms. The highest BCUT2D eigenvalue weighted by molar-refractivity contribution is 7.19. The Bertz CT molecular complexity index is 800. The SMILES string of the molecule is OC(Cc1ccc(Cl)cc1F)c1cc2cc(F)ccc2s1. The number of hydrogen-bond donors (Lipinski definition) is 1. The van der Waals surface area contributed by atoms with Gasteiger partial charge >= 0.3 is 0 Å². The van der Waals surface area contributed by atoms with Crippen LogP contribution < -0.4 is 0 Å². The van der Waals surface area contributed by atoms with Crippen molar-refractivity contribution in [1.29, 1.82) is 0 Å². The van der Waals surface area contributed by atoms with E-state index in [0.29, 0.717) is 15.5 Å². The van der Waals surface area contributed by atoms with Crippen molar-refractivity contribution in [2.75, 3.05) is 0 Å². The quantitative estimate of drug-likeness (QED) is 0.710. The van der Waals surface area contributed by atoms with Crippen molar-refractivity contribution < 1.29 is 13.9 Å². The largest absolute Gasteiger partial charge is 0.387 e. The van der Waals surface area contributed by atoms with Gasteiger partial charge in [0.1, 0.15) is 11.6 Å². The minimum atomic E-state index is -0.832. The summed E-state index contributed by atoms with van der Waals surface area (Å²) in [4.78, 5) is 0.685. The monoisotopic (exact) mass is 324 g/mol. The predicted molar refractivity (Wildman–Crippen MR) is 81.9 cm³/mol. The smallest absolute Gasteiger partial charge is 0.127 e. The van der Waals surface area contributed by atoms with Crippen molar-refractivity contribution in [3.05, 3.63) is 69.6 Å². The number of aliphatic hydroxyl groups excluding tert-OH is 1. The van der Waals surface area contributed by atoms with Gasteiger partial charge in [0, 0.05) is 21.0 Å². The zero-order valence-electron chi connectivity index (χ0n) is 10.8. The Morgan fingerprint density at radius 1 is 1.10 bits per heavy atom. The Morgan fingerprint density at radius 3 is 2.67 bits per heavy atom. The molecule has 0 spiro atoms. The van der Waals surface area contributed by atoms with Crippen molar-refractivity contribution in [3.63, 3.8) is 0 Å². The molecular weight excluding hydrogens is 314 g/mol. The first kappa shape index (κ1) is 14.4. The van der Waals surface area contributed by atoms with Gasteiger partial charge < -0.3 is 5.11 Å². The van der Waals surface area contributed by atoms with Gasteiger partial charge in [-0.2, -0.15) is 0 Å². The van der Waals surface area contributed by atoms with E-state index in [1.54, 1.807) is 24.3 Å². The lowest BCUT2D eigenvalue weighted by molar-refractivity contribution is 0.181. The number of fused-ring (bicyclic) bond motifs is 1. The molecule has 0 fully saturated rings. The number of halogens is 3. The Morgan fingerprint density at radius 2 is 1.90 bits per heavy atom. The molecule has 3 aromatic rings. The molecule has 3 rings (SSSR count). The zero-order valence-corrected chi connectivity index (χ0v) is 12.4. The minimum absolute atomic E-state index is 0.151. The average molecular weight is 325 g/mol. The highest BCUT2D eigenvalue weighted by Crippen LogP contribution is 2.32. The molecule has 0 aliphatic carbocycles. The zero-order chi connectivity index (χ0) is 15.0. The maximum absolute atomic E-state index is 13.7. The molecule has 0 saturated heterocycles. The lowest BCUT2D eigenvalue weighted by Crippen LogP contribution is -2.01. The van der Waals surface area contributed by atoms with Crippen molar-refractivity contribution in [2.45, 2.75) is 12.5 Å². The van der Waals surface area contributed by atoms with E-state index in [1.807, 2.05) is 0 Å². The Kier molecular flexibility index (Phi) is 3.93. The molecule has 0 radical (unpaired) electrons. The van der Waals surface area contributed by atoms with Crippen LogP contribution in [0.1, 0.15) is 16.5 Å². The highest BCUT2D eigenvalue weighted by Gasteiger charge is 2.15. The normalized spacial score (nSPS) is 12.8. The average Bonchev–Trinajstić information content (AvgIpc) is 2.85. The summed E-state index contributed by atoms with van der Waals surface area (Å²) < 4.78 is 27.8. The molecule has 0 amide bonds. The lowest BCUT2D eigenvalue weighted by Gasteiger charge is -2.09. The Labute approximate surface area is 129 Å². The number of aliphatic hydroxyl groups is 1. The molecule has 21 heavy (non-hydrogen) atoms. The van der Waals surface area contributed by atoms with Crippen LogP contribution in [0.2, 0.25) is 5.02 Å². The van der Waals surface area contributed by atoms with Crippen LogP contribution in [0.4, 0.5) is 8.78 Å². The summed E-state index contributed by atoms with van der Waals surface area (Å²) in [5.41, 5.74) is 0.399. The van der Waals surface area contributed by atoms with Gasteiger partial charge in [0.2, 0.25) is 0 Å². The van der Waals surface area contributed by atoms with Gasteiger partial charge in [0.15, 0.2) is 0 Å². The van der Waals surface area contributed by atoms with Crippen LogP contribution in [0.5, 0.6) is 0 Å². The van der Waals surface area contributed by atoms with Gasteiger partial charge in [0.25, 0.3) is 0 Å². The molecule has 1 unspecified atom stereocenters. The van der Waals surface area contributed by atoms with E-state index in [0.717, 1.165) is 10.1 Å². The first-order valence-electron chi connectivity index (χ1n) is 6.34. The van der Waals surface area contributed by atoms with Gasteiger partial charge in [-0.3, -0.25) is 0 Å². The first-order valence-corrected chi connectivity index (χ1v) is 7.53. The van der Waals surface area contributed by atoms with E-state index < -0.39 is 11.9 Å². The minimum Gasteiger partial charge on any atom is -0.387 e. The van der Waals surface area contributed by atoms with Crippen LogP contribution in [0, 0.1) is 11.6 Å². The summed E-state index contributed by atoms with van der Waals surface area (Å²) in [5.74, 6) is -0.751. The van der Waals surface area contributed by atoms with Crippen LogP contribution in [-0.4, -0.2) is 5.11 Å². The molecule has 0 aliphatic rings. The number of benzene rings is 2.